The number of oxazole rings is 1. The van der Waals surface area contributed by atoms with E-state index in [0.29, 0.717) is 24.7 Å². The zero-order valence-corrected chi connectivity index (χ0v) is 21.1. The van der Waals surface area contributed by atoms with Gasteiger partial charge in [-0.1, -0.05) is 6.07 Å². The molecule has 0 spiro atoms. The molecule has 0 amide bonds. The number of fused-ring (bicyclic) bond motifs is 1. The molecule has 4 aromatic rings. The van der Waals surface area contributed by atoms with Crippen molar-refractivity contribution in [1.82, 2.24) is 4.98 Å². The number of benzene rings is 2. The van der Waals surface area contributed by atoms with Crippen molar-refractivity contribution in [2.75, 3.05) is 6.61 Å². The van der Waals surface area contributed by atoms with Gasteiger partial charge in [0.15, 0.2) is 6.10 Å². The Morgan fingerprint density at radius 2 is 1.91 bits per heavy atom. The lowest BCUT2D eigenvalue weighted by Crippen LogP contribution is -2.26. The van der Waals surface area contributed by atoms with Crippen LogP contribution in [0.3, 0.4) is 0 Å². The maximum absolute atomic E-state index is 11.5. The average molecular weight is 496 g/mol. The summed E-state index contributed by atoms with van der Waals surface area (Å²) in [5.74, 6) is 1.79. The summed E-state index contributed by atoms with van der Waals surface area (Å²) in [7, 11) is 0. The van der Waals surface area contributed by atoms with Gasteiger partial charge in [0.05, 0.1) is 10.8 Å². The first-order valence-electron chi connectivity index (χ1n) is 11.5. The van der Waals surface area contributed by atoms with E-state index in [1.807, 2.05) is 68.6 Å². The van der Waals surface area contributed by atoms with Crippen LogP contribution in [0.15, 0.2) is 52.3 Å². The molecule has 35 heavy (non-hydrogen) atoms. The quantitative estimate of drug-likeness (QED) is 0.262. The lowest BCUT2D eigenvalue weighted by atomic mass is 10.0. The third-order valence-electron chi connectivity index (χ3n) is 5.45. The van der Waals surface area contributed by atoms with Crippen molar-refractivity contribution >= 4 is 27.4 Å². The number of aromatic nitrogens is 1. The fraction of sp³-hybridized carbons (Fsp3) is 0.333. The van der Waals surface area contributed by atoms with Crippen LogP contribution >= 0.6 is 11.3 Å². The molecule has 0 aliphatic heterocycles. The fourth-order valence-corrected chi connectivity index (χ4v) is 4.69. The first-order valence-corrected chi connectivity index (χ1v) is 12.4. The number of carboxylic acids is 1. The number of carboxylic acid groups (broad SMARTS) is 1. The molecular weight excluding hydrogens is 466 g/mol. The standard InChI is InChI=1S/C27H29NO6S/c1-5-31-24(27(29)30)14-19-8-11-23(25-21(19)12-13-35-25)32-15-22-17(4)34-26(28-22)18-6-9-20(10-7-18)33-16(2)3/h6-13,16,24H,5,14-15H2,1-4H3,(H,29,30). The van der Waals surface area contributed by atoms with Crippen LogP contribution in [0, 0.1) is 6.92 Å². The molecule has 0 radical (unpaired) electrons. The van der Waals surface area contributed by atoms with Crippen molar-refractivity contribution < 1.29 is 28.5 Å². The second-order valence-corrected chi connectivity index (χ2v) is 9.29. The molecule has 0 aliphatic rings. The summed E-state index contributed by atoms with van der Waals surface area (Å²) in [6, 6.07) is 13.4. The zero-order valence-electron chi connectivity index (χ0n) is 20.2. The number of hydrogen-bond donors (Lipinski definition) is 1. The fourth-order valence-electron chi connectivity index (χ4n) is 3.78. The molecule has 4 rings (SSSR count). The number of aryl methyl sites for hydroxylation is 1. The highest BCUT2D eigenvalue weighted by Gasteiger charge is 2.21. The van der Waals surface area contributed by atoms with Crippen molar-refractivity contribution in [1.29, 1.82) is 0 Å². The molecule has 8 heteroatoms. The van der Waals surface area contributed by atoms with Gasteiger partial charge in [-0.2, -0.15) is 0 Å². The van der Waals surface area contributed by atoms with Crippen LogP contribution in [0.1, 0.15) is 37.8 Å². The van der Waals surface area contributed by atoms with Gasteiger partial charge in [-0.05, 0) is 80.4 Å². The number of thiophene rings is 1. The molecule has 7 nitrogen and oxygen atoms in total. The molecule has 184 valence electrons. The Hall–Kier alpha value is -3.36. The molecule has 0 saturated carbocycles. The summed E-state index contributed by atoms with van der Waals surface area (Å²) in [6.07, 6.45) is -0.471. The molecule has 1 atom stereocenters. The van der Waals surface area contributed by atoms with Gasteiger partial charge in [-0.3, -0.25) is 0 Å². The Kier molecular flexibility index (Phi) is 7.73. The Balaban J connectivity index is 1.49. The van der Waals surface area contributed by atoms with E-state index in [-0.39, 0.29) is 12.7 Å². The van der Waals surface area contributed by atoms with Gasteiger partial charge < -0.3 is 23.7 Å². The number of rotatable bonds is 11. The van der Waals surface area contributed by atoms with E-state index < -0.39 is 12.1 Å². The number of carbonyl (C=O) groups is 1. The van der Waals surface area contributed by atoms with Gasteiger partial charge in [-0.15, -0.1) is 11.3 Å². The van der Waals surface area contributed by atoms with Gasteiger partial charge >= 0.3 is 5.97 Å². The maximum Gasteiger partial charge on any atom is 0.333 e. The Bertz CT molecular complexity index is 1290. The summed E-state index contributed by atoms with van der Waals surface area (Å²) in [4.78, 5) is 16.2. The minimum absolute atomic E-state index is 0.112. The number of nitrogens with zero attached hydrogens (tertiary/aromatic N) is 1. The van der Waals surface area contributed by atoms with Crippen LogP contribution in [-0.2, 0) is 22.6 Å². The summed E-state index contributed by atoms with van der Waals surface area (Å²) in [5, 5.41) is 12.4. The highest BCUT2D eigenvalue weighted by atomic mass is 32.1. The third-order valence-corrected chi connectivity index (χ3v) is 6.38. The van der Waals surface area contributed by atoms with E-state index in [9.17, 15) is 9.90 Å². The summed E-state index contributed by atoms with van der Waals surface area (Å²) in [5.41, 5.74) is 2.50. The molecule has 2 aromatic carbocycles. The molecule has 0 aliphatic carbocycles. The number of ether oxygens (including phenoxy) is 3. The molecule has 0 bridgehead atoms. The Morgan fingerprint density at radius 3 is 2.60 bits per heavy atom. The van der Waals surface area contributed by atoms with Crippen LogP contribution in [0.2, 0.25) is 0 Å². The normalized spacial score (nSPS) is 12.3. The topological polar surface area (TPSA) is 91.0 Å². The van der Waals surface area contributed by atoms with Crippen LogP contribution < -0.4 is 9.47 Å². The lowest BCUT2D eigenvalue weighted by molar-refractivity contribution is -0.149. The van der Waals surface area contributed by atoms with Gasteiger partial charge in [0.25, 0.3) is 0 Å². The van der Waals surface area contributed by atoms with Crippen molar-refractivity contribution in [3.05, 3.63) is 64.9 Å². The number of aliphatic carboxylic acids is 1. The Labute approximate surface area is 208 Å². The molecule has 2 heterocycles. The minimum atomic E-state index is -0.963. The van der Waals surface area contributed by atoms with Gasteiger partial charge in [-0.25, -0.2) is 9.78 Å². The predicted octanol–water partition coefficient (Wildman–Crippen LogP) is 6.26. The summed E-state index contributed by atoms with van der Waals surface area (Å²) < 4.78 is 24.1. The third kappa shape index (κ3) is 5.83. The largest absolute Gasteiger partial charge is 0.491 e. The smallest absolute Gasteiger partial charge is 0.333 e. The molecule has 2 aromatic heterocycles. The second-order valence-electron chi connectivity index (χ2n) is 8.37. The second kappa shape index (κ2) is 10.9. The predicted molar refractivity (Wildman–Crippen MR) is 135 cm³/mol. The minimum Gasteiger partial charge on any atom is -0.491 e. The average Bonchev–Trinajstić information content (AvgIpc) is 3.45. The maximum atomic E-state index is 11.5. The summed E-state index contributed by atoms with van der Waals surface area (Å²) >= 11 is 1.55. The molecule has 1 N–H and O–H groups in total. The highest BCUT2D eigenvalue weighted by molar-refractivity contribution is 7.17. The summed E-state index contributed by atoms with van der Waals surface area (Å²) in [6.45, 7) is 8.24. The molecular formula is C27H29NO6S. The van der Waals surface area contributed by atoms with Crippen molar-refractivity contribution in [3.8, 4) is 23.0 Å². The van der Waals surface area contributed by atoms with Gasteiger partial charge in [0.2, 0.25) is 5.89 Å². The molecule has 0 saturated heterocycles. The van der Waals surface area contributed by atoms with E-state index >= 15 is 0 Å². The van der Waals surface area contributed by atoms with E-state index in [1.165, 1.54) is 0 Å². The van der Waals surface area contributed by atoms with Crippen LogP contribution in [0.25, 0.3) is 21.5 Å². The van der Waals surface area contributed by atoms with E-state index in [1.54, 1.807) is 18.3 Å². The van der Waals surface area contributed by atoms with E-state index in [0.717, 1.165) is 38.4 Å². The Morgan fingerprint density at radius 1 is 1.14 bits per heavy atom. The van der Waals surface area contributed by atoms with Crippen molar-refractivity contribution in [2.45, 2.75) is 52.9 Å². The van der Waals surface area contributed by atoms with Crippen molar-refractivity contribution in [3.63, 3.8) is 0 Å². The SMILES string of the molecule is CCOC(Cc1ccc(OCc2nc(-c3ccc(OC(C)C)cc3)oc2C)c2sccc12)C(=O)O. The first-order chi connectivity index (χ1) is 16.9. The first kappa shape index (κ1) is 24.8. The van der Waals surface area contributed by atoms with Crippen molar-refractivity contribution in [2.24, 2.45) is 0 Å². The van der Waals surface area contributed by atoms with E-state index in [4.69, 9.17) is 18.6 Å². The van der Waals surface area contributed by atoms with Crippen LogP contribution in [0.4, 0.5) is 0 Å². The zero-order chi connectivity index (χ0) is 24.9. The molecule has 1 unspecified atom stereocenters. The molecule has 0 fully saturated rings. The monoisotopic (exact) mass is 495 g/mol. The van der Waals surface area contributed by atoms with Crippen LogP contribution in [-0.4, -0.2) is 34.9 Å². The lowest BCUT2D eigenvalue weighted by Gasteiger charge is -2.14. The van der Waals surface area contributed by atoms with Gasteiger partial charge in [0.1, 0.15) is 29.6 Å². The highest BCUT2D eigenvalue weighted by Crippen LogP contribution is 2.35. The number of hydrogen-bond acceptors (Lipinski definition) is 7. The van der Waals surface area contributed by atoms with Gasteiger partial charge in [0, 0.05) is 18.6 Å². The van der Waals surface area contributed by atoms with E-state index in [2.05, 4.69) is 4.98 Å². The van der Waals surface area contributed by atoms with Crippen LogP contribution in [0.5, 0.6) is 11.5 Å².